The van der Waals surface area contributed by atoms with Crippen LogP contribution in [-0.4, -0.2) is 17.4 Å². The predicted octanol–water partition coefficient (Wildman–Crippen LogP) is 4.00. The molecule has 0 bridgehead atoms. The van der Waals surface area contributed by atoms with E-state index in [-0.39, 0.29) is 23.3 Å². The molecule has 4 nitrogen and oxygen atoms in total. The third kappa shape index (κ3) is 4.78. The van der Waals surface area contributed by atoms with Gasteiger partial charge in [-0.15, -0.1) is 23.7 Å². The quantitative estimate of drug-likeness (QED) is 0.748. The monoisotopic (exact) mass is 397 g/mol. The average Bonchev–Trinajstić information content (AvgIpc) is 2.92. The molecular weight excluding hydrogens is 384 g/mol. The van der Waals surface area contributed by atoms with Crippen LogP contribution in [0.5, 0.6) is 0 Å². The Kier molecular flexibility index (Phi) is 7.70. The molecule has 0 fully saturated rings. The molecule has 2 rings (SSSR count). The molecule has 1 amide bonds. The minimum Gasteiger partial charge on any atom is -0.344 e. The Morgan fingerprint density at radius 1 is 1.48 bits per heavy atom. The van der Waals surface area contributed by atoms with Crippen LogP contribution in [0.25, 0.3) is 0 Å². The Balaban J connectivity index is 0.00000264. The number of hydrogen-bond acceptors (Lipinski definition) is 4. The van der Waals surface area contributed by atoms with Crippen molar-refractivity contribution < 1.29 is 9.18 Å². The number of nitrogens with one attached hydrogen (secondary N) is 1. The van der Waals surface area contributed by atoms with E-state index in [1.807, 2.05) is 0 Å². The molecule has 0 aliphatic heterocycles. The molecule has 2 aromatic rings. The summed E-state index contributed by atoms with van der Waals surface area (Å²) in [7, 11) is 0. The molecule has 1 aromatic carbocycles. The Morgan fingerprint density at radius 2 is 2.17 bits per heavy atom. The zero-order valence-electron chi connectivity index (χ0n) is 12.1. The molecule has 0 saturated heterocycles. The van der Waals surface area contributed by atoms with E-state index in [0.717, 1.165) is 5.01 Å². The topological polar surface area (TPSA) is 68.0 Å². The molecule has 0 radical (unpaired) electrons. The Hall–Kier alpha value is -0.920. The molecule has 3 N–H and O–H groups in total. The molecule has 126 valence electrons. The van der Waals surface area contributed by atoms with Crippen molar-refractivity contribution >= 4 is 52.9 Å². The molecule has 0 aliphatic rings. The smallest absolute Gasteiger partial charge is 0.271 e. The number of nitrogens with zero attached hydrogens (tertiary/aromatic N) is 1. The van der Waals surface area contributed by atoms with Crippen molar-refractivity contribution in [2.75, 3.05) is 6.54 Å². The van der Waals surface area contributed by atoms with E-state index in [2.05, 4.69) is 10.3 Å². The third-order valence-corrected chi connectivity index (χ3v) is 4.62. The SMILES string of the molecule is CC(NC(=O)c1csc(CCN)n1)c1c(Cl)ccc(F)c1Cl.Cl. The van der Waals surface area contributed by atoms with E-state index in [0.29, 0.717) is 29.2 Å². The number of aromatic nitrogens is 1. The van der Waals surface area contributed by atoms with Gasteiger partial charge in [0.2, 0.25) is 0 Å². The summed E-state index contributed by atoms with van der Waals surface area (Å²) in [5.41, 5.74) is 6.09. The van der Waals surface area contributed by atoms with Crippen LogP contribution < -0.4 is 11.1 Å². The van der Waals surface area contributed by atoms with E-state index in [9.17, 15) is 9.18 Å². The first-order valence-corrected chi connectivity index (χ1v) is 8.16. The number of thiazole rings is 1. The molecule has 1 unspecified atom stereocenters. The Bertz CT molecular complexity index is 696. The number of nitrogens with two attached hydrogens (primary N) is 1. The van der Waals surface area contributed by atoms with Gasteiger partial charge in [0.25, 0.3) is 5.91 Å². The van der Waals surface area contributed by atoms with Gasteiger partial charge in [-0.25, -0.2) is 9.37 Å². The van der Waals surface area contributed by atoms with E-state index in [1.54, 1.807) is 12.3 Å². The first kappa shape index (κ1) is 20.1. The van der Waals surface area contributed by atoms with Gasteiger partial charge in [-0.2, -0.15) is 0 Å². The second kappa shape index (κ2) is 8.80. The molecule has 1 heterocycles. The maximum absolute atomic E-state index is 13.5. The van der Waals surface area contributed by atoms with Crippen LogP contribution in [0, 0.1) is 5.82 Å². The molecule has 23 heavy (non-hydrogen) atoms. The standard InChI is InChI=1S/C14H14Cl2FN3OS.ClH/c1-7(12-8(15)2-3-9(17)13(12)16)19-14(21)10-6-22-11(20-10)4-5-18;/h2-3,6-7H,4-5,18H2,1H3,(H,19,21);1H. The predicted molar refractivity (Wildman–Crippen MR) is 94.4 cm³/mol. The van der Waals surface area contributed by atoms with Gasteiger partial charge in [0.15, 0.2) is 0 Å². The minimum atomic E-state index is -0.582. The van der Waals surface area contributed by atoms with Crippen molar-refractivity contribution in [3.63, 3.8) is 0 Å². The highest BCUT2D eigenvalue weighted by molar-refractivity contribution is 7.09. The second-order valence-electron chi connectivity index (χ2n) is 4.62. The average molecular weight is 399 g/mol. The van der Waals surface area contributed by atoms with Crippen LogP contribution in [0.1, 0.15) is 34.0 Å². The van der Waals surface area contributed by atoms with Crippen LogP contribution in [0.4, 0.5) is 4.39 Å². The summed E-state index contributed by atoms with van der Waals surface area (Å²) in [6.45, 7) is 2.15. The zero-order chi connectivity index (χ0) is 16.3. The van der Waals surface area contributed by atoms with Gasteiger partial charge in [-0.1, -0.05) is 23.2 Å². The van der Waals surface area contributed by atoms with Gasteiger partial charge >= 0.3 is 0 Å². The first-order chi connectivity index (χ1) is 10.4. The van der Waals surface area contributed by atoms with Crippen LogP contribution in [0.3, 0.4) is 0 Å². The number of amides is 1. The lowest BCUT2D eigenvalue weighted by Crippen LogP contribution is -2.27. The summed E-state index contributed by atoms with van der Waals surface area (Å²) >= 11 is 13.3. The number of rotatable bonds is 5. The van der Waals surface area contributed by atoms with E-state index >= 15 is 0 Å². The van der Waals surface area contributed by atoms with Gasteiger partial charge in [0, 0.05) is 22.4 Å². The van der Waals surface area contributed by atoms with Crippen molar-refractivity contribution in [2.45, 2.75) is 19.4 Å². The number of benzene rings is 1. The van der Waals surface area contributed by atoms with Crippen molar-refractivity contribution in [2.24, 2.45) is 5.73 Å². The summed E-state index contributed by atoms with van der Waals surface area (Å²) in [6.07, 6.45) is 0.620. The van der Waals surface area contributed by atoms with E-state index < -0.39 is 11.9 Å². The molecule has 1 atom stereocenters. The number of carbonyl (C=O) groups excluding carboxylic acids is 1. The van der Waals surface area contributed by atoms with Crippen LogP contribution in [0.2, 0.25) is 10.0 Å². The highest BCUT2D eigenvalue weighted by atomic mass is 35.5. The fourth-order valence-corrected chi connectivity index (χ4v) is 3.43. The lowest BCUT2D eigenvalue weighted by molar-refractivity contribution is 0.0935. The third-order valence-electron chi connectivity index (χ3n) is 3.00. The van der Waals surface area contributed by atoms with Crippen molar-refractivity contribution in [1.82, 2.24) is 10.3 Å². The second-order valence-corrected chi connectivity index (χ2v) is 6.34. The van der Waals surface area contributed by atoms with E-state index in [1.165, 1.54) is 23.5 Å². The Labute approximate surface area is 153 Å². The molecule has 9 heteroatoms. The fraction of sp³-hybridized carbons (Fsp3) is 0.286. The van der Waals surface area contributed by atoms with Gasteiger partial charge in [0.05, 0.1) is 16.1 Å². The summed E-state index contributed by atoms with van der Waals surface area (Å²) in [4.78, 5) is 16.4. The van der Waals surface area contributed by atoms with E-state index in [4.69, 9.17) is 28.9 Å². The molecule has 0 saturated carbocycles. The maximum Gasteiger partial charge on any atom is 0.271 e. The largest absolute Gasteiger partial charge is 0.344 e. The van der Waals surface area contributed by atoms with Gasteiger partial charge < -0.3 is 11.1 Å². The van der Waals surface area contributed by atoms with Gasteiger partial charge in [0.1, 0.15) is 11.5 Å². The first-order valence-electron chi connectivity index (χ1n) is 6.52. The summed E-state index contributed by atoms with van der Waals surface area (Å²) in [5.74, 6) is -0.954. The highest BCUT2D eigenvalue weighted by Crippen LogP contribution is 2.32. The number of carbonyl (C=O) groups is 1. The zero-order valence-corrected chi connectivity index (χ0v) is 15.3. The highest BCUT2D eigenvalue weighted by Gasteiger charge is 2.20. The molecule has 0 spiro atoms. The van der Waals surface area contributed by atoms with Crippen LogP contribution in [-0.2, 0) is 6.42 Å². The Morgan fingerprint density at radius 3 is 2.83 bits per heavy atom. The molecular formula is C14H15Cl3FN3OS. The van der Waals surface area contributed by atoms with Gasteiger partial charge in [-0.05, 0) is 25.6 Å². The van der Waals surface area contributed by atoms with Crippen molar-refractivity contribution in [3.05, 3.63) is 49.6 Å². The van der Waals surface area contributed by atoms with Crippen LogP contribution in [0.15, 0.2) is 17.5 Å². The lowest BCUT2D eigenvalue weighted by Gasteiger charge is -2.17. The lowest BCUT2D eigenvalue weighted by atomic mass is 10.1. The normalized spacial score (nSPS) is 11.7. The molecule has 1 aromatic heterocycles. The minimum absolute atomic E-state index is 0. The summed E-state index contributed by atoms with van der Waals surface area (Å²) < 4.78 is 13.5. The van der Waals surface area contributed by atoms with Crippen molar-refractivity contribution in [1.29, 1.82) is 0 Å². The summed E-state index contributed by atoms with van der Waals surface area (Å²) in [5, 5.41) is 5.36. The molecule has 0 aliphatic carbocycles. The van der Waals surface area contributed by atoms with Gasteiger partial charge in [-0.3, -0.25) is 4.79 Å². The number of halogens is 4. The van der Waals surface area contributed by atoms with Crippen molar-refractivity contribution in [3.8, 4) is 0 Å². The number of hydrogen-bond donors (Lipinski definition) is 2. The maximum atomic E-state index is 13.5. The summed E-state index contributed by atoms with van der Waals surface area (Å²) in [6, 6.07) is 2.04. The van der Waals surface area contributed by atoms with Crippen LogP contribution >= 0.6 is 46.9 Å². The fourth-order valence-electron chi connectivity index (χ4n) is 1.94.